The van der Waals surface area contributed by atoms with Gasteiger partial charge in [0.1, 0.15) is 28.4 Å². The molecule has 1 aliphatic rings. The number of para-hydroxylation sites is 2. The van der Waals surface area contributed by atoms with Crippen LogP contribution in [-0.2, 0) is 0 Å². The summed E-state index contributed by atoms with van der Waals surface area (Å²) in [6, 6.07) is 49.4. The molecule has 10 rings (SSSR count). The molecule has 3 aromatic heterocycles. The standard InChI is InChI=1S/C42H26N4O2/c1-2-11-26(12-3-1)39-44-40(46-41(45-39)32-17-10-20-35-36(32)30-15-6-8-18-33(30)47-35)27-23-21-25(22-24-27)38-29-14-5-4-13-28(29)37-31-16-7-9-19-34(31)48-42(37)43-38/h1-24,41H,(H,44,45,46). The van der Waals surface area contributed by atoms with Gasteiger partial charge in [-0.1, -0.05) is 127 Å². The molecule has 1 N–H and O–H groups in total. The Labute approximate surface area is 274 Å². The average Bonchev–Trinajstić information content (AvgIpc) is 3.73. The highest BCUT2D eigenvalue weighted by atomic mass is 16.3. The SMILES string of the molecule is c1ccc(C2=NC(c3cccc4oc5ccccc5c34)N=C(c3ccc(-c4nc5oc6ccccc6c5c5ccccc45)cc3)N2)cc1. The molecule has 6 heteroatoms. The Balaban J connectivity index is 1.10. The van der Waals surface area contributed by atoms with Crippen LogP contribution in [0.5, 0.6) is 0 Å². The van der Waals surface area contributed by atoms with Crippen LogP contribution in [0.2, 0.25) is 0 Å². The number of hydrogen-bond donors (Lipinski definition) is 1. The Bertz CT molecular complexity index is 2760. The molecule has 0 bridgehead atoms. The van der Waals surface area contributed by atoms with Gasteiger partial charge >= 0.3 is 0 Å². The van der Waals surface area contributed by atoms with Crippen molar-refractivity contribution in [2.24, 2.45) is 9.98 Å². The van der Waals surface area contributed by atoms with E-state index < -0.39 is 6.17 Å². The largest absolute Gasteiger partial charge is 0.456 e. The smallest absolute Gasteiger partial charge is 0.228 e. The Morgan fingerprint density at radius 3 is 1.75 bits per heavy atom. The fourth-order valence-electron chi connectivity index (χ4n) is 6.94. The number of hydrogen-bond acceptors (Lipinski definition) is 6. The van der Waals surface area contributed by atoms with Crippen molar-refractivity contribution in [2.75, 3.05) is 0 Å². The molecule has 1 atom stereocenters. The number of fused-ring (bicyclic) bond motifs is 8. The van der Waals surface area contributed by atoms with Crippen LogP contribution in [-0.4, -0.2) is 16.7 Å². The van der Waals surface area contributed by atoms with E-state index in [0.717, 1.165) is 88.7 Å². The number of furan rings is 2. The van der Waals surface area contributed by atoms with Crippen molar-refractivity contribution in [3.8, 4) is 11.3 Å². The summed E-state index contributed by atoms with van der Waals surface area (Å²) in [6.45, 7) is 0. The summed E-state index contributed by atoms with van der Waals surface area (Å²) < 4.78 is 12.5. The van der Waals surface area contributed by atoms with Crippen molar-refractivity contribution in [1.82, 2.24) is 10.3 Å². The number of nitrogens with one attached hydrogen (secondary N) is 1. The summed E-state index contributed by atoms with van der Waals surface area (Å²) in [6.07, 6.45) is -0.470. The lowest BCUT2D eigenvalue weighted by atomic mass is 9.99. The molecular formula is C42H26N4O2. The number of benzene rings is 6. The number of aromatic nitrogens is 1. The van der Waals surface area contributed by atoms with Crippen LogP contribution in [0.1, 0.15) is 22.9 Å². The summed E-state index contributed by atoms with van der Waals surface area (Å²) in [4.78, 5) is 15.4. The van der Waals surface area contributed by atoms with Crippen LogP contribution in [0.15, 0.2) is 164 Å². The van der Waals surface area contributed by atoms with E-state index in [1.54, 1.807) is 0 Å². The molecule has 4 heterocycles. The average molecular weight is 619 g/mol. The fraction of sp³-hybridized carbons (Fsp3) is 0.0238. The number of pyridine rings is 1. The minimum Gasteiger partial charge on any atom is -0.456 e. The third kappa shape index (κ3) is 4.16. The first-order chi connectivity index (χ1) is 23.8. The van der Waals surface area contributed by atoms with Gasteiger partial charge < -0.3 is 14.2 Å². The van der Waals surface area contributed by atoms with Gasteiger partial charge in [-0.05, 0) is 23.6 Å². The molecule has 0 fully saturated rings. The molecule has 1 aliphatic heterocycles. The van der Waals surface area contributed by atoms with E-state index in [1.165, 1.54) is 0 Å². The molecule has 0 radical (unpaired) electrons. The van der Waals surface area contributed by atoms with Crippen molar-refractivity contribution in [1.29, 1.82) is 0 Å². The highest BCUT2D eigenvalue weighted by Gasteiger charge is 2.24. The molecule has 48 heavy (non-hydrogen) atoms. The molecule has 6 aromatic carbocycles. The predicted molar refractivity (Wildman–Crippen MR) is 194 cm³/mol. The van der Waals surface area contributed by atoms with Gasteiger partial charge in [-0.2, -0.15) is 0 Å². The van der Waals surface area contributed by atoms with Crippen molar-refractivity contribution in [2.45, 2.75) is 6.17 Å². The zero-order chi connectivity index (χ0) is 31.6. The summed E-state index contributed by atoms with van der Waals surface area (Å²) in [5.41, 5.74) is 7.96. The van der Waals surface area contributed by atoms with E-state index in [0.29, 0.717) is 5.71 Å². The van der Waals surface area contributed by atoms with Crippen LogP contribution < -0.4 is 5.32 Å². The first-order valence-electron chi connectivity index (χ1n) is 16.0. The highest BCUT2D eigenvalue weighted by Crippen LogP contribution is 2.39. The van der Waals surface area contributed by atoms with Crippen molar-refractivity contribution in [3.63, 3.8) is 0 Å². The molecular weight excluding hydrogens is 592 g/mol. The van der Waals surface area contributed by atoms with Crippen molar-refractivity contribution < 1.29 is 8.83 Å². The van der Waals surface area contributed by atoms with Gasteiger partial charge in [-0.25, -0.2) is 15.0 Å². The van der Waals surface area contributed by atoms with Gasteiger partial charge in [0.15, 0.2) is 6.17 Å². The van der Waals surface area contributed by atoms with Crippen LogP contribution in [0.3, 0.4) is 0 Å². The Kier molecular flexibility index (Phi) is 5.84. The van der Waals surface area contributed by atoms with Crippen LogP contribution in [0, 0.1) is 0 Å². The predicted octanol–water partition coefficient (Wildman–Crippen LogP) is 10.2. The number of rotatable bonds is 4. The van der Waals surface area contributed by atoms with Crippen LogP contribution in [0.25, 0.3) is 66.0 Å². The van der Waals surface area contributed by atoms with Gasteiger partial charge in [0.25, 0.3) is 0 Å². The van der Waals surface area contributed by atoms with Gasteiger partial charge in [-0.3, -0.25) is 0 Å². The molecule has 0 saturated carbocycles. The maximum atomic E-state index is 6.24. The van der Waals surface area contributed by atoms with E-state index in [4.69, 9.17) is 23.8 Å². The third-order valence-corrected chi connectivity index (χ3v) is 9.17. The number of nitrogens with zero attached hydrogens (tertiary/aromatic N) is 3. The van der Waals surface area contributed by atoms with Crippen LogP contribution in [0.4, 0.5) is 0 Å². The molecule has 6 nitrogen and oxygen atoms in total. The summed E-state index contributed by atoms with van der Waals surface area (Å²) in [7, 11) is 0. The normalized spacial score (nSPS) is 14.9. The second-order valence-corrected chi connectivity index (χ2v) is 12.0. The molecule has 9 aromatic rings. The monoisotopic (exact) mass is 618 g/mol. The van der Waals surface area contributed by atoms with E-state index in [1.807, 2.05) is 66.7 Å². The van der Waals surface area contributed by atoms with E-state index >= 15 is 0 Å². The highest BCUT2D eigenvalue weighted by molar-refractivity contribution is 6.20. The second-order valence-electron chi connectivity index (χ2n) is 12.0. The number of amidine groups is 2. The van der Waals surface area contributed by atoms with Gasteiger partial charge in [0.05, 0.1) is 11.1 Å². The minimum absolute atomic E-state index is 0.470. The molecule has 0 amide bonds. The fourth-order valence-corrected chi connectivity index (χ4v) is 6.94. The minimum atomic E-state index is -0.470. The van der Waals surface area contributed by atoms with Gasteiger partial charge in [0, 0.05) is 43.8 Å². The zero-order valence-corrected chi connectivity index (χ0v) is 25.6. The van der Waals surface area contributed by atoms with Crippen LogP contribution >= 0.6 is 0 Å². The first-order valence-corrected chi connectivity index (χ1v) is 16.0. The lowest BCUT2D eigenvalue weighted by Gasteiger charge is -2.23. The zero-order valence-electron chi connectivity index (χ0n) is 25.6. The maximum Gasteiger partial charge on any atom is 0.228 e. The summed E-state index contributed by atoms with van der Waals surface area (Å²) in [5, 5.41) is 9.95. The molecule has 1 unspecified atom stereocenters. The maximum absolute atomic E-state index is 6.24. The van der Waals surface area contributed by atoms with E-state index in [-0.39, 0.29) is 0 Å². The molecule has 226 valence electrons. The topological polar surface area (TPSA) is 75.9 Å². The Hall–Kier alpha value is -6.53. The quantitative estimate of drug-likeness (QED) is 0.213. The second kappa shape index (κ2) is 10.5. The number of aliphatic imine (C=N–C) groups is 2. The van der Waals surface area contributed by atoms with Gasteiger partial charge in [-0.15, -0.1) is 0 Å². The summed E-state index contributed by atoms with van der Waals surface area (Å²) in [5.74, 6) is 1.51. The van der Waals surface area contributed by atoms with Crippen molar-refractivity contribution in [3.05, 3.63) is 162 Å². The van der Waals surface area contributed by atoms with E-state index in [9.17, 15) is 0 Å². The lowest BCUT2D eigenvalue weighted by molar-refractivity contribution is 0.655. The third-order valence-electron chi connectivity index (χ3n) is 9.17. The van der Waals surface area contributed by atoms with Crippen molar-refractivity contribution >= 4 is 66.5 Å². The lowest BCUT2D eigenvalue weighted by Crippen LogP contribution is -2.36. The van der Waals surface area contributed by atoms with E-state index in [2.05, 4.69) is 84.2 Å². The molecule has 0 saturated heterocycles. The molecule has 0 spiro atoms. The molecule has 0 aliphatic carbocycles. The first kappa shape index (κ1) is 26.7. The summed E-state index contributed by atoms with van der Waals surface area (Å²) >= 11 is 0. The Morgan fingerprint density at radius 1 is 0.438 bits per heavy atom. The Morgan fingerprint density at radius 2 is 1.00 bits per heavy atom. The van der Waals surface area contributed by atoms with Gasteiger partial charge in [0.2, 0.25) is 5.71 Å².